The minimum absolute atomic E-state index is 0.424. The van der Waals surface area contributed by atoms with Gasteiger partial charge in [0.15, 0.2) is 5.82 Å². The van der Waals surface area contributed by atoms with Crippen molar-refractivity contribution in [2.45, 2.75) is 20.3 Å². The minimum atomic E-state index is 0.424. The third-order valence-corrected chi connectivity index (χ3v) is 6.49. The molecule has 2 N–H and O–H groups in total. The first kappa shape index (κ1) is 28.3. The zero-order chi connectivity index (χ0) is 28.2. The van der Waals surface area contributed by atoms with Gasteiger partial charge in [0.05, 0.1) is 18.8 Å². The molecule has 204 valence electrons. The highest BCUT2D eigenvalue weighted by Crippen LogP contribution is 2.29. The van der Waals surface area contributed by atoms with Crippen LogP contribution in [0.5, 0.6) is 5.75 Å². The number of benzene rings is 3. The molecule has 4 rings (SSSR count). The first-order valence-electron chi connectivity index (χ1n) is 13.5. The number of aromatic nitrogens is 3. The second kappa shape index (κ2) is 14.4. The van der Waals surface area contributed by atoms with Gasteiger partial charge < -0.3 is 20.3 Å². The topological polar surface area (TPSA) is 99.0 Å². The van der Waals surface area contributed by atoms with Gasteiger partial charge in [-0.1, -0.05) is 74.5 Å². The zero-order valence-corrected chi connectivity index (χ0v) is 23.3. The van der Waals surface area contributed by atoms with Crippen LogP contribution in [0.3, 0.4) is 0 Å². The second-order valence-electron chi connectivity index (χ2n) is 9.10. The molecule has 0 fully saturated rings. The molecule has 8 nitrogen and oxygen atoms in total. The average molecular weight is 534 g/mol. The zero-order valence-electron chi connectivity index (χ0n) is 23.3. The lowest BCUT2D eigenvalue weighted by atomic mass is 10.0. The van der Waals surface area contributed by atoms with E-state index in [1.807, 2.05) is 84.9 Å². The van der Waals surface area contributed by atoms with Crippen molar-refractivity contribution in [3.63, 3.8) is 0 Å². The van der Waals surface area contributed by atoms with E-state index in [4.69, 9.17) is 4.74 Å². The molecule has 0 aliphatic rings. The van der Waals surface area contributed by atoms with Crippen LogP contribution in [0, 0.1) is 11.3 Å². The van der Waals surface area contributed by atoms with Crippen molar-refractivity contribution in [2.24, 2.45) is 0 Å². The summed E-state index contributed by atoms with van der Waals surface area (Å²) in [5.74, 6) is 2.15. The number of ether oxygens (including phenoxy) is 1. The van der Waals surface area contributed by atoms with Gasteiger partial charge in [0.25, 0.3) is 0 Å². The van der Waals surface area contributed by atoms with Crippen LogP contribution in [0.4, 0.5) is 17.6 Å². The van der Waals surface area contributed by atoms with E-state index in [0.29, 0.717) is 29.0 Å². The van der Waals surface area contributed by atoms with Crippen molar-refractivity contribution >= 4 is 29.2 Å². The summed E-state index contributed by atoms with van der Waals surface area (Å²) in [5.41, 5.74) is 3.86. The maximum Gasteiger partial charge on any atom is 0.232 e. The van der Waals surface area contributed by atoms with Crippen molar-refractivity contribution < 1.29 is 4.74 Å². The SMILES string of the molecule is CCN(CC)CCCNc1nc(Nc2ccc(C=C(C#N)c3ccccc3)c(OC)c2)nc(-c2ccccc2)n1. The maximum absolute atomic E-state index is 9.73. The van der Waals surface area contributed by atoms with Crippen LogP contribution in [-0.2, 0) is 0 Å². The summed E-state index contributed by atoms with van der Waals surface area (Å²) in [7, 11) is 1.61. The van der Waals surface area contributed by atoms with E-state index in [-0.39, 0.29) is 0 Å². The average Bonchev–Trinajstić information content (AvgIpc) is 3.01. The molecule has 0 radical (unpaired) electrons. The maximum atomic E-state index is 9.73. The number of methoxy groups -OCH3 is 1. The molecule has 8 heteroatoms. The highest BCUT2D eigenvalue weighted by atomic mass is 16.5. The molecule has 1 heterocycles. The largest absolute Gasteiger partial charge is 0.496 e. The molecule has 1 aromatic heterocycles. The van der Waals surface area contributed by atoms with Gasteiger partial charge in [0.2, 0.25) is 11.9 Å². The van der Waals surface area contributed by atoms with Crippen molar-refractivity contribution in [2.75, 3.05) is 43.9 Å². The summed E-state index contributed by atoms with van der Waals surface area (Å²) in [6.45, 7) is 8.20. The van der Waals surface area contributed by atoms with Crippen LogP contribution in [0.15, 0.2) is 78.9 Å². The molecule has 0 saturated heterocycles. The summed E-state index contributed by atoms with van der Waals surface area (Å²) in [6.07, 6.45) is 2.81. The summed E-state index contributed by atoms with van der Waals surface area (Å²) >= 11 is 0. The van der Waals surface area contributed by atoms with Crippen molar-refractivity contribution in [1.29, 1.82) is 5.26 Å². The molecule has 0 spiro atoms. The molecular weight excluding hydrogens is 498 g/mol. The second-order valence-corrected chi connectivity index (χ2v) is 9.10. The lowest BCUT2D eigenvalue weighted by Gasteiger charge is -2.17. The fraction of sp³-hybridized carbons (Fsp3) is 0.250. The van der Waals surface area contributed by atoms with Gasteiger partial charge in [0.1, 0.15) is 5.75 Å². The number of hydrogen-bond acceptors (Lipinski definition) is 8. The fourth-order valence-electron chi connectivity index (χ4n) is 4.26. The van der Waals surface area contributed by atoms with Gasteiger partial charge in [-0.25, -0.2) is 0 Å². The summed E-state index contributed by atoms with van der Waals surface area (Å²) in [6, 6.07) is 27.4. The van der Waals surface area contributed by atoms with Gasteiger partial charge in [-0.15, -0.1) is 0 Å². The Morgan fingerprint density at radius 1 is 0.925 bits per heavy atom. The first-order valence-corrected chi connectivity index (χ1v) is 13.5. The third kappa shape index (κ3) is 7.65. The molecule has 0 atom stereocenters. The molecule has 0 amide bonds. The van der Waals surface area contributed by atoms with E-state index in [9.17, 15) is 5.26 Å². The standard InChI is InChI=1S/C32H35N7O/c1-4-39(5-2)20-12-19-34-31-36-30(25-15-10-7-11-16-25)37-32(38-31)35-28-18-17-26(29(22-28)40-3)21-27(23-33)24-13-8-6-9-14-24/h6-11,13-18,21-22H,4-5,12,19-20H2,1-3H3,(H2,34,35,36,37,38). The van der Waals surface area contributed by atoms with Crippen LogP contribution in [0.2, 0.25) is 0 Å². The van der Waals surface area contributed by atoms with Gasteiger partial charge in [0, 0.05) is 29.4 Å². The summed E-state index contributed by atoms with van der Waals surface area (Å²) < 4.78 is 5.66. The van der Waals surface area contributed by atoms with Crippen molar-refractivity contribution in [1.82, 2.24) is 19.9 Å². The Labute approximate surface area is 236 Å². The van der Waals surface area contributed by atoms with Crippen molar-refractivity contribution in [3.8, 4) is 23.2 Å². The van der Waals surface area contributed by atoms with Gasteiger partial charge in [-0.05, 0) is 49.8 Å². The lowest BCUT2D eigenvalue weighted by Crippen LogP contribution is -2.25. The molecule has 0 bridgehead atoms. The lowest BCUT2D eigenvalue weighted by molar-refractivity contribution is 0.303. The van der Waals surface area contributed by atoms with Gasteiger partial charge >= 0.3 is 0 Å². The molecule has 0 saturated carbocycles. The fourth-order valence-corrected chi connectivity index (χ4v) is 4.26. The van der Waals surface area contributed by atoms with E-state index in [0.717, 1.165) is 55.0 Å². The monoisotopic (exact) mass is 533 g/mol. The number of anilines is 3. The van der Waals surface area contributed by atoms with E-state index in [2.05, 4.69) is 50.4 Å². The number of allylic oxidation sites excluding steroid dienone is 1. The van der Waals surface area contributed by atoms with Gasteiger partial charge in [-0.2, -0.15) is 20.2 Å². The number of hydrogen-bond donors (Lipinski definition) is 2. The number of nitriles is 1. The number of nitrogens with one attached hydrogen (secondary N) is 2. The molecule has 0 aliphatic carbocycles. The highest BCUT2D eigenvalue weighted by molar-refractivity contribution is 5.91. The molecular formula is C32H35N7O. The van der Waals surface area contributed by atoms with Crippen LogP contribution >= 0.6 is 0 Å². The van der Waals surface area contributed by atoms with Crippen LogP contribution in [-0.4, -0.2) is 53.1 Å². The Morgan fingerprint density at radius 2 is 1.62 bits per heavy atom. The van der Waals surface area contributed by atoms with Crippen molar-refractivity contribution in [3.05, 3.63) is 90.0 Å². The Kier molecular flexibility index (Phi) is 10.2. The minimum Gasteiger partial charge on any atom is -0.496 e. The first-order chi connectivity index (χ1) is 19.6. The van der Waals surface area contributed by atoms with E-state index >= 15 is 0 Å². The predicted octanol–water partition coefficient (Wildman–Crippen LogP) is 6.50. The highest BCUT2D eigenvalue weighted by Gasteiger charge is 2.11. The van der Waals surface area contributed by atoms with Crippen LogP contribution < -0.4 is 15.4 Å². The van der Waals surface area contributed by atoms with Gasteiger partial charge in [-0.3, -0.25) is 0 Å². The predicted molar refractivity (Wildman–Crippen MR) is 162 cm³/mol. The molecule has 0 unspecified atom stereocenters. The smallest absolute Gasteiger partial charge is 0.232 e. The third-order valence-electron chi connectivity index (χ3n) is 6.49. The summed E-state index contributed by atoms with van der Waals surface area (Å²) in [4.78, 5) is 16.4. The summed E-state index contributed by atoms with van der Waals surface area (Å²) in [5, 5.41) is 16.4. The number of nitrogens with zero attached hydrogens (tertiary/aromatic N) is 5. The van der Waals surface area contributed by atoms with E-state index in [1.165, 1.54) is 0 Å². The molecule has 3 aromatic carbocycles. The molecule has 0 aliphatic heterocycles. The van der Waals surface area contributed by atoms with E-state index < -0.39 is 0 Å². The van der Waals surface area contributed by atoms with Crippen LogP contribution in [0.1, 0.15) is 31.4 Å². The van der Waals surface area contributed by atoms with E-state index in [1.54, 1.807) is 7.11 Å². The Balaban J connectivity index is 1.58. The molecule has 4 aromatic rings. The number of rotatable bonds is 13. The Hall–Kier alpha value is -4.74. The molecule has 40 heavy (non-hydrogen) atoms. The normalized spacial score (nSPS) is 11.2. The van der Waals surface area contributed by atoms with Crippen LogP contribution in [0.25, 0.3) is 23.0 Å². The Morgan fingerprint density at radius 3 is 2.30 bits per heavy atom. The quantitative estimate of drug-likeness (QED) is 0.114. The Bertz CT molecular complexity index is 1450.